The van der Waals surface area contributed by atoms with Crippen molar-refractivity contribution in [1.82, 2.24) is 15.5 Å². The first-order valence-electron chi connectivity index (χ1n) is 9.75. The van der Waals surface area contributed by atoms with Crippen LogP contribution in [0.3, 0.4) is 0 Å². The zero-order chi connectivity index (χ0) is 19.9. The van der Waals surface area contributed by atoms with Crippen LogP contribution in [0.25, 0.3) is 0 Å². The lowest BCUT2D eigenvalue weighted by Gasteiger charge is -2.28. The average Bonchev–Trinajstić information content (AvgIpc) is 2.68. The highest BCUT2D eigenvalue weighted by atomic mass is 127. The predicted octanol–water partition coefficient (Wildman–Crippen LogP) is 4.08. The Labute approximate surface area is 189 Å². The molecule has 3 rings (SSSR count). The number of ether oxygens (including phenoxy) is 1. The second-order valence-electron chi connectivity index (χ2n) is 7.23. The molecule has 1 unspecified atom stereocenters. The van der Waals surface area contributed by atoms with Crippen molar-refractivity contribution in [3.8, 4) is 5.75 Å². The molecule has 158 valence electrons. The molecule has 0 fully saturated rings. The fraction of sp³-hybridized carbons (Fsp3) is 0.409. The van der Waals surface area contributed by atoms with Crippen molar-refractivity contribution in [2.45, 2.75) is 32.5 Å². The molecule has 1 aliphatic rings. The molecule has 0 saturated heterocycles. The summed E-state index contributed by atoms with van der Waals surface area (Å²) in [6.45, 7) is 4.55. The number of nitrogens with one attached hydrogen (secondary N) is 2. The number of guanidine groups is 1. The summed E-state index contributed by atoms with van der Waals surface area (Å²) in [6.07, 6.45) is 0.880. The highest BCUT2D eigenvalue weighted by molar-refractivity contribution is 14.0. The highest BCUT2D eigenvalue weighted by Gasteiger charge is 2.21. The summed E-state index contributed by atoms with van der Waals surface area (Å²) < 4.78 is 19.7. The Kier molecular flexibility index (Phi) is 9.16. The maximum Gasteiger partial charge on any atom is 0.192 e. The number of rotatable bonds is 6. The van der Waals surface area contributed by atoms with Gasteiger partial charge in [0.05, 0.1) is 19.2 Å². The fourth-order valence-electron chi connectivity index (χ4n) is 3.34. The van der Waals surface area contributed by atoms with E-state index in [4.69, 9.17) is 9.73 Å². The van der Waals surface area contributed by atoms with Gasteiger partial charge in [-0.25, -0.2) is 9.38 Å². The minimum Gasteiger partial charge on any atom is -0.493 e. The molecule has 0 saturated carbocycles. The van der Waals surface area contributed by atoms with Gasteiger partial charge < -0.3 is 20.3 Å². The Morgan fingerprint density at radius 3 is 2.79 bits per heavy atom. The van der Waals surface area contributed by atoms with Crippen molar-refractivity contribution in [2.75, 3.05) is 27.2 Å². The molecule has 0 spiro atoms. The van der Waals surface area contributed by atoms with Crippen molar-refractivity contribution < 1.29 is 9.13 Å². The Bertz CT molecular complexity index is 828. The first-order chi connectivity index (χ1) is 13.6. The van der Waals surface area contributed by atoms with Gasteiger partial charge in [-0.15, -0.1) is 24.0 Å². The lowest BCUT2D eigenvalue weighted by Crippen LogP contribution is -2.41. The molecular formula is C22H30FIN4O. The smallest absolute Gasteiger partial charge is 0.192 e. The van der Waals surface area contributed by atoms with E-state index >= 15 is 0 Å². The van der Waals surface area contributed by atoms with Crippen LogP contribution in [0.1, 0.15) is 36.1 Å². The molecule has 2 N–H and O–H groups in total. The molecular weight excluding hydrogens is 482 g/mol. The van der Waals surface area contributed by atoms with Crippen molar-refractivity contribution >= 4 is 29.9 Å². The van der Waals surface area contributed by atoms with Gasteiger partial charge in [0.25, 0.3) is 0 Å². The Morgan fingerprint density at radius 1 is 1.24 bits per heavy atom. The standard InChI is InChI=1S/C22H29FN4O.HI/c1-4-24-22(26-20-11-12-28-21-8-6-5-7-18(20)21)25-14-16-9-10-19(23)17(13-16)15-27(2)3;/h5-10,13,20H,4,11-12,14-15H2,1-3H3,(H2,24,25,26);1H. The molecule has 1 heterocycles. The molecule has 0 bridgehead atoms. The van der Waals surface area contributed by atoms with Crippen LogP contribution in [0, 0.1) is 5.82 Å². The third kappa shape index (κ3) is 6.57. The predicted molar refractivity (Wildman–Crippen MR) is 126 cm³/mol. The van der Waals surface area contributed by atoms with Crippen LogP contribution in [0.2, 0.25) is 0 Å². The SMILES string of the molecule is CCNC(=NCc1ccc(F)c(CN(C)C)c1)NC1CCOc2ccccc21.I. The summed E-state index contributed by atoms with van der Waals surface area (Å²) >= 11 is 0. The van der Waals surface area contributed by atoms with Gasteiger partial charge in [0.15, 0.2) is 5.96 Å². The molecule has 0 amide bonds. The van der Waals surface area contributed by atoms with Crippen LogP contribution >= 0.6 is 24.0 Å². The summed E-state index contributed by atoms with van der Waals surface area (Å²) in [5.41, 5.74) is 2.83. The topological polar surface area (TPSA) is 48.9 Å². The Hall–Kier alpha value is -1.87. The molecule has 0 radical (unpaired) electrons. The zero-order valence-corrected chi connectivity index (χ0v) is 19.6. The van der Waals surface area contributed by atoms with Gasteiger partial charge in [0.1, 0.15) is 11.6 Å². The third-order valence-corrected chi connectivity index (χ3v) is 4.63. The van der Waals surface area contributed by atoms with Gasteiger partial charge in [-0.1, -0.05) is 24.3 Å². The average molecular weight is 512 g/mol. The number of halogens is 2. The van der Waals surface area contributed by atoms with Crippen molar-refractivity contribution in [1.29, 1.82) is 0 Å². The number of benzene rings is 2. The van der Waals surface area contributed by atoms with Crippen LogP contribution in [-0.4, -0.2) is 38.1 Å². The summed E-state index contributed by atoms with van der Waals surface area (Å²) in [6, 6.07) is 13.5. The minimum atomic E-state index is -0.176. The highest BCUT2D eigenvalue weighted by Crippen LogP contribution is 2.31. The first kappa shape index (κ1) is 23.4. The summed E-state index contributed by atoms with van der Waals surface area (Å²) in [4.78, 5) is 6.68. The molecule has 1 aliphatic heterocycles. The molecule has 0 aromatic heterocycles. The van der Waals surface area contributed by atoms with E-state index in [0.717, 1.165) is 35.8 Å². The number of para-hydroxylation sites is 1. The van der Waals surface area contributed by atoms with E-state index in [2.05, 4.69) is 16.7 Å². The molecule has 0 aliphatic carbocycles. The van der Waals surface area contributed by atoms with Crippen LogP contribution in [0.5, 0.6) is 5.75 Å². The number of hydrogen-bond acceptors (Lipinski definition) is 3. The van der Waals surface area contributed by atoms with Crippen molar-refractivity contribution in [3.05, 3.63) is 65.0 Å². The summed E-state index contributed by atoms with van der Waals surface area (Å²) in [5.74, 6) is 1.50. The van der Waals surface area contributed by atoms with E-state index in [1.165, 1.54) is 6.07 Å². The second-order valence-corrected chi connectivity index (χ2v) is 7.23. The lowest BCUT2D eigenvalue weighted by atomic mass is 10.0. The Balaban J connectivity index is 0.00000300. The van der Waals surface area contributed by atoms with E-state index < -0.39 is 0 Å². The van der Waals surface area contributed by atoms with E-state index in [-0.39, 0.29) is 35.8 Å². The van der Waals surface area contributed by atoms with Gasteiger partial charge in [-0.3, -0.25) is 0 Å². The maximum atomic E-state index is 14.0. The van der Waals surface area contributed by atoms with Crippen LogP contribution in [0.15, 0.2) is 47.5 Å². The van der Waals surface area contributed by atoms with E-state index in [1.807, 2.05) is 50.2 Å². The molecule has 1 atom stereocenters. The first-order valence-corrected chi connectivity index (χ1v) is 9.75. The van der Waals surface area contributed by atoms with E-state index in [9.17, 15) is 4.39 Å². The summed E-state index contributed by atoms with van der Waals surface area (Å²) in [7, 11) is 3.87. The van der Waals surface area contributed by atoms with Gasteiger partial charge in [-0.05, 0) is 44.8 Å². The minimum absolute atomic E-state index is 0. The Morgan fingerprint density at radius 2 is 2.03 bits per heavy atom. The molecule has 29 heavy (non-hydrogen) atoms. The number of hydrogen-bond donors (Lipinski definition) is 2. The van der Waals surface area contributed by atoms with Crippen molar-refractivity contribution in [2.24, 2.45) is 4.99 Å². The quantitative estimate of drug-likeness (QED) is 0.348. The lowest BCUT2D eigenvalue weighted by molar-refractivity contribution is 0.261. The van der Waals surface area contributed by atoms with Crippen molar-refractivity contribution in [3.63, 3.8) is 0 Å². The summed E-state index contributed by atoms with van der Waals surface area (Å²) in [5, 5.41) is 6.82. The molecule has 7 heteroatoms. The fourth-order valence-corrected chi connectivity index (χ4v) is 3.34. The van der Waals surface area contributed by atoms with Gasteiger partial charge in [-0.2, -0.15) is 0 Å². The van der Waals surface area contributed by atoms with Crippen LogP contribution in [0.4, 0.5) is 4.39 Å². The van der Waals surface area contributed by atoms with E-state index in [1.54, 1.807) is 6.07 Å². The van der Waals surface area contributed by atoms with Gasteiger partial charge >= 0.3 is 0 Å². The number of nitrogens with zero attached hydrogens (tertiary/aromatic N) is 2. The largest absolute Gasteiger partial charge is 0.493 e. The number of fused-ring (bicyclic) bond motifs is 1. The van der Waals surface area contributed by atoms with Crippen LogP contribution < -0.4 is 15.4 Å². The van der Waals surface area contributed by atoms with Crippen LogP contribution in [-0.2, 0) is 13.1 Å². The van der Waals surface area contributed by atoms with Gasteiger partial charge in [0, 0.05) is 30.6 Å². The zero-order valence-electron chi connectivity index (χ0n) is 17.2. The van der Waals surface area contributed by atoms with E-state index in [0.29, 0.717) is 25.3 Å². The monoisotopic (exact) mass is 512 g/mol. The normalized spacial score (nSPS) is 15.9. The van der Waals surface area contributed by atoms with Gasteiger partial charge in [0.2, 0.25) is 0 Å². The molecule has 5 nitrogen and oxygen atoms in total. The molecule has 2 aromatic carbocycles. The second kappa shape index (κ2) is 11.3. The third-order valence-electron chi connectivity index (χ3n) is 4.63. The molecule has 2 aromatic rings. The maximum absolute atomic E-state index is 14.0. The number of aliphatic imine (C=N–C) groups is 1.